The van der Waals surface area contributed by atoms with Crippen LogP contribution in [0.15, 0.2) is 56.6 Å². The van der Waals surface area contributed by atoms with Gasteiger partial charge < -0.3 is 24.3 Å². The maximum atomic E-state index is 12.7. The first-order valence-electron chi connectivity index (χ1n) is 10.1. The highest BCUT2D eigenvalue weighted by molar-refractivity contribution is 9.10. The molecule has 1 aromatic heterocycles. The lowest BCUT2D eigenvalue weighted by molar-refractivity contribution is -0.149. The number of esters is 1. The van der Waals surface area contributed by atoms with Crippen LogP contribution in [0.4, 0.5) is 0 Å². The fourth-order valence-corrected chi connectivity index (χ4v) is 5.21. The normalized spacial score (nSPS) is 19.2. The van der Waals surface area contributed by atoms with Crippen molar-refractivity contribution >= 4 is 51.4 Å². The Balaban J connectivity index is 1.39. The van der Waals surface area contributed by atoms with Crippen LogP contribution in [0.5, 0.6) is 5.75 Å². The lowest BCUT2D eigenvalue weighted by atomic mass is 10.0. The molecule has 12 heteroatoms. The Morgan fingerprint density at radius 2 is 2.00 bits per heavy atom. The van der Waals surface area contributed by atoms with Crippen molar-refractivity contribution in [2.45, 2.75) is 24.9 Å². The molecule has 10 nitrogen and oxygen atoms in total. The Labute approximate surface area is 206 Å². The van der Waals surface area contributed by atoms with Gasteiger partial charge in [0, 0.05) is 18.2 Å². The van der Waals surface area contributed by atoms with Gasteiger partial charge in [0.05, 0.1) is 4.47 Å². The van der Waals surface area contributed by atoms with Crippen molar-refractivity contribution in [1.29, 1.82) is 0 Å². The molecule has 4 rings (SSSR count). The van der Waals surface area contributed by atoms with E-state index in [0.29, 0.717) is 17.1 Å². The molecule has 0 bridgehead atoms. The molecule has 1 aromatic carbocycles. The van der Waals surface area contributed by atoms with Crippen molar-refractivity contribution in [3.8, 4) is 5.75 Å². The predicted octanol–water partition coefficient (Wildman–Crippen LogP) is 2.54. The SMILES string of the molecule is CC(=O)OCC1=C(C(=O)O)N2C(=O)C(NC(=O)c3ccc(COc4ccccc4Br)o3)C2SC1. The second-order valence-corrected chi connectivity index (χ2v) is 9.34. The molecule has 34 heavy (non-hydrogen) atoms. The number of para-hydroxylation sites is 1. The molecular formula is C22H19BrN2O8S. The van der Waals surface area contributed by atoms with E-state index in [1.165, 1.54) is 24.8 Å². The molecule has 0 spiro atoms. The number of rotatable bonds is 8. The van der Waals surface area contributed by atoms with Crippen LogP contribution in [0.25, 0.3) is 0 Å². The molecule has 2 amide bonds. The molecule has 2 aromatic rings. The van der Waals surface area contributed by atoms with Gasteiger partial charge in [0.1, 0.15) is 41.8 Å². The van der Waals surface area contributed by atoms with Gasteiger partial charge in [-0.25, -0.2) is 4.79 Å². The van der Waals surface area contributed by atoms with Gasteiger partial charge in [-0.3, -0.25) is 19.3 Å². The van der Waals surface area contributed by atoms with E-state index in [1.54, 1.807) is 12.1 Å². The fourth-order valence-electron chi connectivity index (χ4n) is 3.48. The second kappa shape index (κ2) is 9.94. The molecule has 0 saturated carbocycles. The number of furan rings is 1. The lowest BCUT2D eigenvalue weighted by Crippen LogP contribution is -2.70. The van der Waals surface area contributed by atoms with E-state index in [1.807, 2.05) is 18.2 Å². The Hall–Kier alpha value is -3.25. The zero-order valence-electron chi connectivity index (χ0n) is 17.8. The summed E-state index contributed by atoms with van der Waals surface area (Å²) in [6.45, 7) is 1.10. The molecular weight excluding hydrogens is 532 g/mol. The van der Waals surface area contributed by atoms with Gasteiger partial charge in [0.25, 0.3) is 11.8 Å². The van der Waals surface area contributed by atoms with Crippen molar-refractivity contribution in [1.82, 2.24) is 10.2 Å². The summed E-state index contributed by atoms with van der Waals surface area (Å²) < 4.78 is 16.9. The van der Waals surface area contributed by atoms with Crippen LogP contribution < -0.4 is 10.1 Å². The smallest absolute Gasteiger partial charge is 0.352 e. The third-order valence-corrected chi connectivity index (χ3v) is 7.07. The third kappa shape index (κ3) is 4.82. The van der Waals surface area contributed by atoms with Crippen molar-refractivity contribution in [2.75, 3.05) is 12.4 Å². The number of nitrogens with one attached hydrogen (secondary N) is 1. The predicted molar refractivity (Wildman–Crippen MR) is 123 cm³/mol. The Morgan fingerprint density at radius 1 is 1.24 bits per heavy atom. The molecule has 2 N–H and O–H groups in total. The minimum absolute atomic E-state index is 0.00216. The van der Waals surface area contributed by atoms with Gasteiger partial charge in [-0.1, -0.05) is 12.1 Å². The van der Waals surface area contributed by atoms with E-state index < -0.39 is 35.2 Å². The number of benzene rings is 1. The minimum atomic E-state index is -1.30. The molecule has 3 heterocycles. The Bertz CT molecular complexity index is 1190. The summed E-state index contributed by atoms with van der Waals surface area (Å²) in [5.41, 5.74) is 0.104. The van der Waals surface area contributed by atoms with Gasteiger partial charge in [-0.05, 0) is 40.2 Å². The van der Waals surface area contributed by atoms with Gasteiger partial charge in [-0.2, -0.15) is 0 Å². The summed E-state index contributed by atoms with van der Waals surface area (Å²) in [5.74, 6) is -1.73. The zero-order valence-corrected chi connectivity index (χ0v) is 20.2. The second-order valence-electron chi connectivity index (χ2n) is 7.38. The number of fused-ring (bicyclic) bond motifs is 1. The number of carboxylic acids is 1. The average molecular weight is 551 g/mol. The number of hydrogen-bond acceptors (Lipinski definition) is 8. The monoisotopic (exact) mass is 550 g/mol. The van der Waals surface area contributed by atoms with Gasteiger partial charge in [-0.15, -0.1) is 11.8 Å². The van der Waals surface area contributed by atoms with Gasteiger partial charge >= 0.3 is 11.9 Å². The average Bonchev–Trinajstić information content (AvgIpc) is 3.28. The molecule has 0 radical (unpaired) electrons. The first kappa shape index (κ1) is 23.9. The summed E-state index contributed by atoms with van der Waals surface area (Å²) in [6.07, 6.45) is 0. The number of carbonyl (C=O) groups is 4. The summed E-state index contributed by atoms with van der Waals surface area (Å²) >= 11 is 4.66. The number of carbonyl (C=O) groups excluding carboxylic acids is 3. The maximum absolute atomic E-state index is 12.7. The van der Waals surface area contributed by atoms with Gasteiger partial charge in [0.2, 0.25) is 0 Å². The highest BCUT2D eigenvalue weighted by Crippen LogP contribution is 2.40. The molecule has 1 fully saturated rings. The van der Waals surface area contributed by atoms with Crippen molar-refractivity contribution < 1.29 is 38.2 Å². The van der Waals surface area contributed by atoms with E-state index >= 15 is 0 Å². The van der Waals surface area contributed by atoms with Crippen LogP contribution >= 0.6 is 27.7 Å². The summed E-state index contributed by atoms with van der Waals surface area (Å²) in [4.78, 5) is 49.3. The van der Waals surface area contributed by atoms with Crippen molar-refractivity contribution in [3.63, 3.8) is 0 Å². The number of thioether (sulfide) groups is 1. The maximum Gasteiger partial charge on any atom is 0.352 e. The number of carboxylic acid groups (broad SMARTS) is 1. The standard InChI is InChI=1S/C22H19BrN2O8S/c1-11(26)31-8-12-10-34-21-17(20(28)25(21)18(12)22(29)30)24-19(27)16-7-6-13(33-16)9-32-15-5-3-2-4-14(15)23/h2-7,17,21H,8-10H2,1H3,(H,24,27)(H,29,30). The third-order valence-electron chi connectivity index (χ3n) is 5.08. The van der Waals surface area contributed by atoms with Crippen LogP contribution in [-0.4, -0.2) is 57.5 Å². The van der Waals surface area contributed by atoms with Crippen LogP contribution in [0.2, 0.25) is 0 Å². The highest BCUT2D eigenvalue weighted by atomic mass is 79.9. The highest BCUT2D eigenvalue weighted by Gasteiger charge is 2.54. The number of aliphatic carboxylic acids is 1. The minimum Gasteiger partial charge on any atom is -0.484 e. The van der Waals surface area contributed by atoms with Crippen LogP contribution in [0.1, 0.15) is 23.2 Å². The summed E-state index contributed by atoms with van der Waals surface area (Å²) in [5, 5.41) is 11.6. The number of nitrogens with zero attached hydrogens (tertiary/aromatic N) is 1. The number of amides is 2. The van der Waals surface area contributed by atoms with Crippen LogP contribution in [0, 0.1) is 0 Å². The molecule has 2 unspecified atom stereocenters. The molecule has 2 atom stereocenters. The van der Waals surface area contributed by atoms with E-state index in [2.05, 4.69) is 21.2 Å². The van der Waals surface area contributed by atoms with Crippen molar-refractivity contribution in [3.05, 3.63) is 63.7 Å². The number of halogens is 1. The van der Waals surface area contributed by atoms with E-state index in [9.17, 15) is 24.3 Å². The summed E-state index contributed by atoms with van der Waals surface area (Å²) in [6, 6.07) is 9.47. The Kier molecular flexibility index (Phi) is 6.98. The topological polar surface area (TPSA) is 135 Å². The van der Waals surface area contributed by atoms with Gasteiger partial charge in [0.15, 0.2) is 5.76 Å². The molecule has 1 saturated heterocycles. The van der Waals surface area contributed by atoms with Crippen LogP contribution in [0.3, 0.4) is 0 Å². The molecule has 178 valence electrons. The Morgan fingerprint density at radius 3 is 2.71 bits per heavy atom. The quantitative estimate of drug-likeness (QED) is 0.375. The molecule has 2 aliphatic rings. The van der Waals surface area contributed by atoms with E-state index in [-0.39, 0.29) is 30.4 Å². The zero-order chi connectivity index (χ0) is 24.4. The lowest BCUT2D eigenvalue weighted by Gasteiger charge is -2.49. The largest absolute Gasteiger partial charge is 0.484 e. The molecule has 2 aliphatic heterocycles. The number of ether oxygens (including phenoxy) is 2. The first-order valence-corrected chi connectivity index (χ1v) is 11.9. The van der Waals surface area contributed by atoms with E-state index in [4.69, 9.17) is 13.9 Å². The number of β-lactam (4-membered cyclic amide) rings is 1. The van der Waals surface area contributed by atoms with Crippen LogP contribution in [-0.2, 0) is 25.7 Å². The number of hydrogen-bond donors (Lipinski definition) is 2. The van der Waals surface area contributed by atoms with E-state index in [0.717, 1.165) is 9.37 Å². The van der Waals surface area contributed by atoms with Crippen molar-refractivity contribution in [2.24, 2.45) is 0 Å². The fraction of sp³-hybridized carbons (Fsp3) is 0.273. The summed E-state index contributed by atoms with van der Waals surface area (Å²) in [7, 11) is 0. The first-order chi connectivity index (χ1) is 16.3. The molecule has 0 aliphatic carbocycles.